The first kappa shape index (κ1) is 10.3. The molecule has 0 saturated carbocycles. The number of nitrogens with zero attached hydrogens (tertiary/aromatic N) is 1. The van der Waals surface area contributed by atoms with Crippen LogP contribution in [0, 0.1) is 11.6 Å². The Morgan fingerprint density at radius 3 is 1.86 bits per heavy atom. The van der Waals surface area contributed by atoms with E-state index < -0.39 is 11.6 Å². The van der Waals surface area contributed by atoms with E-state index >= 15 is 0 Å². The van der Waals surface area contributed by atoms with Crippen molar-refractivity contribution in [1.29, 1.82) is 0 Å². The Kier molecular flexibility index (Phi) is 2.72. The number of rotatable bonds is 1. The quantitative estimate of drug-likeness (QED) is 0.556. The van der Waals surface area contributed by atoms with Gasteiger partial charge in [-0.25, -0.2) is 8.78 Å². The molecule has 1 aromatic rings. The fourth-order valence-electron chi connectivity index (χ4n) is 1.58. The Morgan fingerprint density at radius 2 is 1.50 bits per heavy atom. The summed E-state index contributed by atoms with van der Waals surface area (Å²) in [6, 6.07) is 2.49. The van der Waals surface area contributed by atoms with E-state index in [1.807, 2.05) is 4.90 Å². The maximum absolute atomic E-state index is 12.9. The molecule has 0 aliphatic carbocycles. The Balaban J connectivity index is 2.31. The summed E-state index contributed by atoms with van der Waals surface area (Å²) in [5.41, 5.74) is 1.63. The molecule has 76 valence electrons. The summed E-state index contributed by atoms with van der Waals surface area (Å²) in [6.45, 7) is 1.15. The van der Waals surface area contributed by atoms with Gasteiger partial charge in [-0.1, -0.05) is 0 Å². The average molecular weight is 233 g/mol. The monoisotopic (exact) mass is 233 g/mol. The van der Waals surface area contributed by atoms with Gasteiger partial charge in [-0.2, -0.15) is 0 Å². The normalized spacial score (nSPS) is 16.4. The molecule has 14 heavy (non-hydrogen) atoms. The average Bonchev–Trinajstić information content (AvgIpc) is 2.48. The third kappa shape index (κ3) is 1.76. The lowest BCUT2D eigenvalue weighted by atomic mass is 10.1. The van der Waals surface area contributed by atoms with Crippen LogP contribution in [0.4, 0.5) is 8.78 Å². The predicted molar refractivity (Wildman–Crippen MR) is 57.4 cm³/mol. The smallest absolute Gasteiger partial charge is 0.159 e. The van der Waals surface area contributed by atoms with Crippen LogP contribution < -0.4 is 0 Å². The minimum Gasteiger partial charge on any atom is -0.275 e. The first-order valence-electron chi connectivity index (χ1n) is 4.15. The molecule has 0 fully saturated rings. The summed E-state index contributed by atoms with van der Waals surface area (Å²) in [4.78, 5) is 1.91. The topological polar surface area (TPSA) is 3.24 Å². The molecule has 1 aliphatic rings. The van der Waals surface area contributed by atoms with Crippen LogP contribution in [-0.4, -0.2) is 9.61 Å². The van der Waals surface area contributed by atoms with Crippen LogP contribution in [0.3, 0.4) is 0 Å². The standard InChI is InChI=1S/C9H9F2NS2/c10-7-1-5-3-12(9(13)14)4-6(5)2-8(7)11/h1-2,9,13-14H,3-4H2. The highest BCUT2D eigenvalue weighted by molar-refractivity contribution is 7.99. The number of benzene rings is 1. The molecule has 0 unspecified atom stereocenters. The maximum Gasteiger partial charge on any atom is 0.159 e. The van der Waals surface area contributed by atoms with Crippen molar-refractivity contribution in [2.75, 3.05) is 0 Å². The van der Waals surface area contributed by atoms with E-state index in [-0.39, 0.29) is 4.71 Å². The van der Waals surface area contributed by atoms with E-state index in [1.54, 1.807) is 0 Å². The summed E-state index contributed by atoms with van der Waals surface area (Å²) in [7, 11) is 0. The molecule has 0 radical (unpaired) electrons. The Hall–Kier alpha value is -0.260. The lowest BCUT2D eigenvalue weighted by molar-refractivity contribution is 0.321. The van der Waals surface area contributed by atoms with Crippen molar-refractivity contribution in [3.05, 3.63) is 34.9 Å². The molecule has 1 aromatic carbocycles. The van der Waals surface area contributed by atoms with E-state index in [9.17, 15) is 8.78 Å². The van der Waals surface area contributed by atoms with E-state index in [2.05, 4.69) is 25.3 Å². The van der Waals surface area contributed by atoms with Crippen LogP contribution in [0.15, 0.2) is 12.1 Å². The molecule has 0 atom stereocenters. The van der Waals surface area contributed by atoms with Crippen molar-refractivity contribution < 1.29 is 8.78 Å². The highest BCUT2D eigenvalue weighted by Gasteiger charge is 2.23. The summed E-state index contributed by atoms with van der Waals surface area (Å²) < 4.78 is 25.5. The minimum atomic E-state index is -0.791. The van der Waals surface area contributed by atoms with E-state index in [4.69, 9.17) is 0 Å². The first-order chi connectivity index (χ1) is 6.58. The second kappa shape index (κ2) is 3.72. The van der Waals surface area contributed by atoms with Crippen LogP contribution in [0.25, 0.3) is 0 Å². The molecule has 1 heterocycles. The SMILES string of the molecule is Fc1cc2c(cc1F)CN(C(S)S)C2. The molecule has 0 N–H and O–H groups in total. The zero-order valence-electron chi connectivity index (χ0n) is 7.24. The Bertz CT molecular complexity index is 337. The van der Waals surface area contributed by atoms with Crippen molar-refractivity contribution in [1.82, 2.24) is 4.90 Å². The zero-order valence-corrected chi connectivity index (χ0v) is 9.03. The molecule has 1 nitrogen and oxygen atoms in total. The summed E-state index contributed by atoms with van der Waals surface area (Å²) in [5, 5.41) is 0. The van der Waals surface area contributed by atoms with Gasteiger partial charge in [0.25, 0.3) is 0 Å². The van der Waals surface area contributed by atoms with Gasteiger partial charge in [-0.15, -0.1) is 25.3 Å². The number of hydrogen-bond acceptors (Lipinski definition) is 3. The molecule has 0 amide bonds. The lowest BCUT2D eigenvalue weighted by Gasteiger charge is -2.17. The largest absolute Gasteiger partial charge is 0.275 e. The molecule has 0 bridgehead atoms. The maximum atomic E-state index is 12.9. The van der Waals surface area contributed by atoms with Crippen LogP contribution in [0.1, 0.15) is 11.1 Å². The van der Waals surface area contributed by atoms with Crippen molar-refractivity contribution >= 4 is 25.3 Å². The molecule has 5 heteroatoms. The van der Waals surface area contributed by atoms with Crippen molar-refractivity contribution in [2.45, 2.75) is 17.8 Å². The molecular formula is C9H9F2NS2. The van der Waals surface area contributed by atoms with Gasteiger partial charge in [-0.05, 0) is 23.3 Å². The molecule has 0 saturated heterocycles. The van der Waals surface area contributed by atoms with Gasteiger partial charge in [0.2, 0.25) is 0 Å². The lowest BCUT2D eigenvalue weighted by Crippen LogP contribution is -2.20. The third-order valence-corrected chi connectivity index (χ3v) is 2.97. The van der Waals surface area contributed by atoms with Crippen molar-refractivity contribution in [3.8, 4) is 0 Å². The fourth-order valence-corrected chi connectivity index (χ4v) is 1.91. The Morgan fingerprint density at radius 1 is 1.07 bits per heavy atom. The van der Waals surface area contributed by atoms with Gasteiger partial charge in [0.1, 0.15) is 0 Å². The van der Waals surface area contributed by atoms with Gasteiger partial charge in [0.15, 0.2) is 11.6 Å². The Labute approximate surface area is 91.9 Å². The van der Waals surface area contributed by atoms with Gasteiger partial charge in [-0.3, -0.25) is 4.90 Å². The summed E-state index contributed by atoms with van der Waals surface area (Å²) in [6.07, 6.45) is 0. The molecule has 0 aromatic heterocycles. The van der Waals surface area contributed by atoms with Crippen molar-refractivity contribution in [3.63, 3.8) is 0 Å². The first-order valence-corrected chi connectivity index (χ1v) is 5.18. The number of halogens is 2. The van der Waals surface area contributed by atoms with Gasteiger partial charge < -0.3 is 0 Å². The molecular weight excluding hydrogens is 224 g/mol. The van der Waals surface area contributed by atoms with E-state index in [1.165, 1.54) is 12.1 Å². The number of hydrogen-bond donors (Lipinski definition) is 2. The molecule has 2 rings (SSSR count). The number of thiol groups is 2. The van der Waals surface area contributed by atoms with Gasteiger partial charge in [0.05, 0.1) is 4.71 Å². The van der Waals surface area contributed by atoms with Crippen LogP contribution in [0.5, 0.6) is 0 Å². The highest BCUT2D eigenvalue weighted by Crippen LogP contribution is 2.28. The number of fused-ring (bicyclic) bond motifs is 1. The van der Waals surface area contributed by atoms with E-state index in [0.29, 0.717) is 13.1 Å². The second-order valence-electron chi connectivity index (χ2n) is 3.29. The molecule has 1 aliphatic heterocycles. The van der Waals surface area contributed by atoms with Crippen molar-refractivity contribution in [2.24, 2.45) is 0 Å². The minimum absolute atomic E-state index is 0.200. The highest BCUT2D eigenvalue weighted by atomic mass is 32.2. The predicted octanol–water partition coefficient (Wildman–Crippen LogP) is 2.42. The van der Waals surface area contributed by atoms with Gasteiger partial charge in [0, 0.05) is 13.1 Å². The summed E-state index contributed by atoms with van der Waals surface area (Å²) in [5.74, 6) is -1.58. The summed E-state index contributed by atoms with van der Waals surface area (Å²) >= 11 is 8.30. The second-order valence-corrected chi connectivity index (χ2v) is 4.67. The molecule has 0 spiro atoms. The third-order valence-electron chi connectivity index (χ3n) is 2.32. The van der Waals surface area contributed by atoms with Crippen LogP contribution >= 0.6 is 25.3 Å². The van der Waals surface area contributed by atoms with Crippen LogP contribution in [-0.2, 0) is 13.1 Å². The zero-order chi connectivity index (χ0) is 10.3. The van der Waals surface area contributed by atoms with Crippen LogP contribution in [0.2, 0.25) is 0 Å². The fraction of sp³-hybridized carbons (Fsp3) is 0.333. The van der Waals surface area contributed by atoms with Gasteiger partial charge >= 0.3 is 0 Å². The van der Waals surface area contributed by atoms with E-state index in [0.717, 1.165) is 11.1 Å².